The molecule has 0 radical (unpaired) electrons. The highest BCUT2D eigenvalue weighted by molar-refractivity contribution is 5.92. The van der Waals surface area contributed by atoms with Gasteiger partial charge in [0.25, 0.3) is 5.91 Å². The third-order valence-electron chi connectivity index (χ3n) is 5.14. The minimum absolute atomic E-state index is 0.0469. The van der Waals surface area contributed by atoms with E-state index in [0.29, 0.717) is 31.6 Å². The first-order valence-corrected chi connectivity index (χ1v) is 8.96. The van der Waals surface area contributed by atoms with E-state index in [4.69, 9.17) is 0 Å². The van der Waals surface area contributed by atoms with Gasteiger partial charge in [-0.2, -0.15) is 5.10 Å². The van der Waals surface area contributed by atoms with Crippen molar-refractivity contribution in [2.45, 2.75) is 32.7 Å². The number of hydrogen-bond acceptors (Lipinski definition) is 4. The summed E-state index contributed by atoms with van der Waals surface area (Å²) in [6.07, 6.45) is 4.76. The van der Waals surface area contributed by atoms with Gasteiger partial charge >= 0.3 is 0 Å². The summed E-state index contributed by atoms with van der Waals surface area (Å²) in [6.45, 7) is 5.12. The highest BCUT2D eigenvalue weighted by Crippen LogP contribution is 2.21. The largest absolute Gasteiger partial charge is 0.349 e. The second-order valence-electron chi connectivity index (χ2n) is 6.82. The van der Waals surface area contributed by atoms with Crippen LogP contribution in [0.15, 0.2) is 30.6 Å². The number of likely N-dealkylation sites (tertiary alicyclic amines) is 1. The summed E-state index contributed by atoms with van der Waals surface area (Å²) in [4.78, 5) is 30.9. The van der Waals surface area contributed by atoms with Crippen molar-refractivity contribution in [1.82, 2.24) is 25.0 Å². The summed E-state index contributed by atoms with van der Waals surface area (Å²) < 4.78 is 1.81. The third-order valence-corrected chi connectivity index (χ3v) is 5.14. The quantitative estimate of drug-likeness (QED) is 0.908. The molecule has 2 aromatic heterocycles. The molecule has 1 unspecified atom stereocenters. The molecule has 1 aliphatic heterocycles. The number of piperidine rings is 1. The number of aryl methyl sites for hydroxylation is 1. The molecule has 138 valence electrons. The zero-order valence-electron chi connectivity index (χ0n) is 15.5. The van der Waals surface area contributed by atoms with Crippen LogP contribution < -0.4 is 5.32 Å². The van der Waals surface area contributed by atoms with E-state index in [2.05, 4.69) is 15.4 Å². The van der Waals surface area contributed by atoms with Gasteiger partial charge in [-0.1, -0.05) is 6.07 Å². The van der Waals surface area contributed by atoms with Crippen LogP contribution in [0.4, 0.5) is 0 Å². The van der Waals surface area contributed by atoms with Crippen LogP contribution in [0.2, 0.25) is 0 Å². The SMILES string of the molecule is Cc1c(C(C)NC(=O)C2CCN(C(=O)c3ccccn3)CC2)cnn1C. The fraction of sp³-hybridized carbons (Fsp3) is 0.474. The van der Waals surface area contributed by atoms with Crippen LogP contribution >= 0.6 is 0 Å². The molecule has 3 heterocycles. The fourth-order valence-corrected chi connectivity index (χ4v) is 3.35. The van der Waals surface area contributed by atoms with Gasteiger partial charge in [-0.25, -0.2) is 0 Å². The van der Waals surface area contributed by atoms with Crippen LogP contribution in [-0.2, 0) is 11.8 Å². The van der Waals surface area contributed by atoms with E-state index in [1.807, 2.05) is 27.0 Å². The molecule has 1 fully saturated rings. The van der Waals surface area contributed by atoms with Crippen LogP contribution in [0.25, 0.3) is 0 Å². The van der Waals surface area contributed by atoms with E-state index in [9.17, 15) is 9.59 Å². The molecule has 7 heteroatoms. The zero-order valence-corrected chi connectivity index (χ0v) is 15.5. The highest BCUT2D eigenvalue weighted by Gasteiger charge is 2.29. The lowest BCUT2D eigenvalue weighted by molar-refractivity contribution is -0.127. The van der Waals surface area contributed by atoms with Crippen LogP contribution in [0.5, 0.6) is 0 Å². The Balaban J connectivity index is 1.53. The Hall–Kier alpha value is -2.70. The van der Waals surface area contributed by atoms with E-state index < -0.39 is 0 Å². The Kier molecular flexibility index (Phi) is 5.35. The second kappa shape index (κ2) is 7.68. The number of aromatic nitrogens is 3. The third kappa shape index (κ3) is 3.76. The van der Waals surface area contributed by atoms with E-state index in [1.54, 1.807) is 34.1 Å². The molecule has 1 N–H and O–H groups in total. The molecular weight excluding hydrogens is 330 g/mol. The van der Waals surface area contributed by atoms with E-state index in [-0.39, 0.29) is 23.8 Å². The Morgan fingerprint density at radius 1 is 1.27 bits per heavy atom. The molecule has 0 bridgehead atoms. The van der Waals surface area contributed by atoms with Gasteiger partial charge in [-0.3, -0.25) is 19.3 Å². The molecule has 0 saturated carbocycles. The maximum absolute atomic E-state index is 12.6. The van der Waals surface area contributed by atoms with Crippen molar-refractivity contribution in [1.29, 1.82) is 0 Å². The van der Waals surface area contributed by atoms with Crippen LogP contribution in [0.3, 0.4) is 0 Å². The van der Waals surface area contributed by atoms with Gasteiger partial charge in [0, 0.05) is 43.5 Å². The Bertz CT molecular complexity index is 778. The highest BCUT2D eigenvalue weighted by atomic mass is 16.2. The minimum Gasteiger partial charge on any atom is -0.349 e. The van der Waals surface area contributed by atoms with E-state index in [0.717, 1.165) is 11.3 Å². The predicted octanol–water partition coefficient (Wildman–Crippen LogP) is 1.85. The molecule has 3 rings (SSSR count). The fourth-order valence-electron chi connectivity index (χ4n) is 3.35. The first-order valence-electron chi connectivity index (χ1n) is 8.96. The van der Waals surface area contributed by atoms with Gasteiger partial charge in [0.2, 0.25) is 5.91 Å². The first kappa shape index (κ1) is 18.1. The first-order chi connectivity index (χ1) is 12.5. The average molecular weight is 355 g/mol. The molecule has 1 atom stereocenters. The van der Waals surface area contributed by atoms with Crippen molar-refractivity contribution in [2.75, 3.05) is 13.1 Å². The van der Waals surface area contributed by atoms with Gasteiger partial charge in [0.15, 0.2) is 0 Å². The van der Waals surface area contributed by atoms with Gasteiger partial charge in [-0.05, 0) is 38.8 Å². The van der Waals surface area contributed by atoms with Crippen molar-refractivity contribution in [3.8, 4) is 0 Å². The summed E-state index contributed by atoms with van der Waals surface area (Å²) in [5.41, 5.74) is 2.54. The number of carbonyl (C=O) groups excluding carboxylic acids is 2. The van der Waals surface area contributed by atoms with Crippen LogP contribution in [-0.4, -0.2) is 44.6 Å². The van der Waals surface area contributed by atoms with E-state index >= 15 is 0 Å². The standard InChI is InChI=1S/C19H25N5O2/c1-13(16-12-21-23(3)14(16)2)22-18(25)15-7-10-24(11-8-15)19(26)17-6-4-5-9-20-17/h4-6,9,12-13,15H,7-8,10-11H2,1-3H3,(H,22,25). The van der Waals surface area contributed by atoms with Gasteiger partial charge < -0.3 is 10.2 Å². The smallest absolute Gasteiger partial charge is 0.272 e. The van der Waals surface area contributed by atoms with Gasteiger partial charge in [-0.15, -0.1) is 0 Å². The topological polar surface area (TPSA) is 80.1 Å². The van der Waals surface area contributed by atoms with Gasteiger partial charge in [0.1, 0.15) is 5.69 Å². The Labute approximate surface area is 153 Å². The normalized spacial score (nSPS) is 16.3. The Morgan fingerprint density at radius 2 is 2.00 bits per heavy atom. The lowest BCUT2D eigenvalue weighted by Gasteiger charge is -2.31. The molecular formula is C19H25N5O2. The number of carbonyl (C=O) groups is 2. The second-order valence-corrected chi connectivity index (χ2v) is 6.82. The lowest BCUT2D eigenvalue weighted by Crippen LogP contribution is -2.43. The van der Waals surface area contributed by atoms with Crippen LogP contribution in [0.1, 0.15) is 47.6 Å². The maximum atomic E-state index is 12.6. The average Bonchev–Trinajstić information content (AvgIpc) is 3.01. The number of pyridine rings is 1. The molecule has 1 aliphatic rings. The maximum Gasteiger partial charge on any atom is 0.272 e. The molecule has 1 saturated heterocycles. The summed E-state index contributed by atoms with van der Waals surface area (Å²) in [6, 6.07) is 5.24. The number of nitrogens with one attached hydrogen (secondary N) is 1. The van der Waals surface area contributed by atoms with Crippen molar-refractivity contribution in [3.05, 3.63) is 47.5 Å². The molecule has 2 aromatic rings. The number of amides is 2. The zero-order chi connectivity index (χ0) is 18.7. The monoisotopic (exact) mass is 355 g/mol. The van der Waals surface area contributed by atoms with Crippen molar-refractivity contribution in [3.63, 3.8) is 0 Å². The van der Waals surface area contributed by atoms with Crippen LogP contribution in [0, 0.1) is 12.8 Å². The van der Waals surface area contributed by atoms with Gasteiger partial charge in [0.05, 0.1) is 12.2 Å². The lowest BCUT2D eigenvalue weighted by atomic mass is 9.95. The van der Waals surface area contributed by atoms with Crippen molar-refractivity contribution < 1.29 is 9.59 Å². The number of hydrogen-bond donors (Lipinski definition) is 1. The molecule has 7 nitrogen and oxygen atoms in total. The minimum atomic E-state index is -0.0793. The molecule has 0 aliphatic carbocycles. The van der Waals surface area contributed by atoms with E-state index in [1.165, 1.54) is 0 Å². The summed E-state index contributed by atoms with van der Waals surface area (Å²) in [5, 5.41) is 7.32. The summed E-state index contributed by atoms with van der Waals surface area (Å²) >= 11 is 0. The van der Waals surface area contributed by atoms with Crippen molar-refractivity contribution in [2.24, 2.45) is 13.0 Å². The summed E-state index contributed by atoms with van der Waals surface area (Å²) in [7, 11) is 1.89. The molecule has 0 aromatic carbocycles. The predicted molar refractivity (Wildman–Crippen MR) is 97.4 cm³/mol. The van der Waals surface area contributed by atoms with Crippen molar-refractivity contribution >= 4 is 11.8 Å². The molecule has 0 spiro atoms. The molecule has 26 heavy (non-hydrogen) atoms. The summed E-state index contributed by atoms with van der Waals surface area (Å²) in [5.74, 6) is -0.0864. The Morgan fingerprint density at radius 3 is 2.58 bits per heavy atom. The molecule has 2 amide bonds. The number of nitrogens with zero attached hydrogens (tertiary/aromatic N) is 4. The number of rotatable bonds is 4.